The van der Waals surface area contributed by atoms with Crippen molar-refractivity contribution in [2.75, 3.05) is 0 Å². The lowest BCUT2D eigenvalue weighted by atomic mass is 9.94. The van der Waals surface area contributed by atoms with Gasteiger partial charge in [-0.15, -0.1) is 0 Å². The standard InChI is InChI=1S/C18H19NOS2/c20-17-16(13-7-10-14-8-3-1-4-9-14)22-18(21)19(17)15-11-5-2-6-12-15/h1,3-4,7-10,13,15H,2,5-6,11-12H2/b10-7+,16-13+. The van der Waals surface area contributed by atoms with Crippen molar-refractivity contribution >= 4 is 40.3 Å². The van der Waals surface area contributed by atoms with E-state index in [4.69, 9.17) is 12.2 Å². The first-order chi connectivity index (χ1) is 10.8. The Hall–Kier alpha value is -1.39. The molecule has 1 heterocycles. The highest BCUT2D eigenvalue weighted by Gasteiger charge is 2.37. The van der Waals surface area contributed by atoms with Crippen LogP contribution in [0.5, 0.6) is 0 Å². The maximum atomic E-state index is 12.6. The first kappa shape index (κ1) is 15.5. The summed E-state index contributed by atoms with van der Waals surface area (Å²) in [6.07, 6.45) is 11.7. The molecule has 3 rings (SSSR count). The fourth-order valence-corrected chi connectivity index (χ4v) is 4.31. The average molecular weight is 329 g/mol. The Morgan fingerprint density at radius 2 is 1.86 bits per heavy atom. The number of carbonyl (C=O) groups excluding carboxylic acids is 1. The summed E-state index contributed by atoms with van der Waals surface area (Å²) in [4.78, 5) is 15.2. The van der Waals surface area contributed by atoms with Crippen molar-refractivity contribution in [3.8, 4) is 0 Å². The molecular weight excluding hydrogens is 310 g/mol. The number of thiocarbonyl (C=S) groups is 1. The number of rotatable bonds is 3. The Bertz CT molecular complexity index is 615. The Morgan fingerprint density at radius 3 is 2.59 bits per heavy atom. The Balaban J connectivity index is 1.70. The highest BCUT2D eigenvalue weighted by Crippen LogP contribution is 2.36. The van der Waals surface area contributed by atoms with E-state index in [-0.39, 0.29) is 5.91 Å². The zero-order valence-corrected chi connectivity index (χ0v) is 14.0. The third-order valence-electron chi connectivity index (χ3n) is 4.10. The molecule has 0 bridgehead atoms. The van der Waals surface area contributed by atoms with E-state index in [1.165, 1.54) is 31.0 Å². The van der Waals surface area contributed by atoms with Crippen LogP contribution in [-0.4, -0.2) is 21.2 Å². The van der Waals surface area contributed by atoms with Gasteiger partial charge in [0.25, 0.3) is 5.91 Å². The first-order valence-corrected chi connectivity index (χ1v) is 8.97. The number of amides is 1. The zero-order chi connectivity index (χ0) is 15.4. The van der Waals surface area contributed by atoms with E-state index in [9.17, 15) is 4.79 Å². The van der Waals surface area contributed by atoms with Crippen molar-refractivity contribution in [2.24, 2.45) is 0 Å². The molecule has 2 nitrogen and oxygen atoms in total. The molecule has 2 fully saturated rings. The largest absolute Gasteiger partial charge is 0.290 e. The normalized spacial score (nSPS) is 22.2. The summed E-state index contributed by atoms with van der Waals surface area (Å²) in [5.41, 5.74) is 1.13. The molecule has 1 aromatic carbocycles. The van der Waals surface area contributed by atoms with E-state index in [1.54, 1.807) is 0 Å². The van der Waals surface area contributed by atoms with Gasteiger partial charge in [0.15, 0.2) is 0 Å². The summed E-state index contributed by atoms with van der Waals surface area (Å²) < 4.78 is 0.719. The molecular formula is C18H19NOS2. The minimum Gasteiger partial charge on any atom is -0.290 e. The maximum Gasteiger partial charge on any atom is 0.266 e. The second-order valence-corrected chi connectivity index (χ2v) is 7.31. The molecule has 0 spiro atoms. The number of allylic oxidation sites excluding steroid dienone is 2. The van der Waals surface area contributed by atoms with Gasteiger partial charge in [-0.2, -0.15) is 0 Å². The van der Waals surface area contributed by atoms with Gasteiger partial charge in [-0.3, -0.25) is 9.69 Å². The smallest absolute Gasteiger partial charge is 0.266 e. The SMILES string of the molecule is O=C1/C(=C\C=C\c2ccccc2)SC(=S)N1C1CCCCC1. The number of benzene rings is 1. The molecule has 22 heavy (non-hydrogen) atoms. The van der Waals surface area contributed by atoms with E-state index >= 15 is 0 Å². The lowest BCUT2D eigenvalue weighted by molar-refractivity contribution is -0.124. The number of hydrogen-bond donors (Lipinski definition) is 0. The molecule has 0 atom stereocenters. The molecule has 1 saturated carbocycles. The molecule has 1 saturated heterocycles. The van der Waals surface area contributed by atoms with Crippen LogP contribution in [0.1, 0.15) is 37.7 Å². The molecule has 0 N–H and O–H groups in total. The highest BCUT2D eigenvalue weighted by atomic mass is 32.2. The van der Waals surface area contributed by atoms with E-state index in [0.29, 0.717) is 6.04 Å². The second-order valence-electron chi connectivity index (χ2n) is 5.64. The van der Waals surface area contributed by atoms with Crippen molar-refractivity contribution in [2.45, 2.75) is 38.1 Å². The van der Waals surface area contributed by atoms with Gasteiger partial charge in [-0.25, -0.2) is 0 Å². The Labute approximate surface area is 141 Å². The fraction of sp³-hybridized carbons (Fsp3) is 0.333. The van der Waals surface area contributed by atoms with Crippen LogP contribution in [0.2, 0.25) is 0 Å². The van der Waals surface area contributed by atoms with Crippen molar-refractivity contribution in [1.29, 1.82) is 0 Å². The Morgan fingerprint density at radius 1 is 1.14 bits per heavy atom. The zero-order valence-electron chi connectivity index (χ0n) is 12.4. The van der Waals surface area contributed by atoms with Crippen LogP contribution < -0.4 is 0 Å². The quantitative estimate of drug-likeness (QED) is 0.588. The van der Waals surface area contributed by atoms with E-state index in [2.05, 4.69) is 0 Å². The summed E-state index contributed by atoms with van der Waals surface area (Å²) in [6.45, 7) is 0. The van der Waals surface area contributed by atoms with E-state index in [1.807, 2.05) is 53.5 Å². The van der Waals surface area contributed by atoms with Gasteiger partial charge in [0.2, 0.25) is 0 Å². The van der Waals surface area contributed by atoms with Gasteiger partial charge in [0.1, 0.15) is 4.32 Å². The van der Waals surface area contributed by atoms with Gasteiger partial charge in [0.05, 0.1) is 4.91 Å². The minimum atomic E-state index is 0.0830. The van der Waals surface area contributed by atoms with Crippen molar-refractivity contribution in [3.05, 3.63) is 53.0 Å². The van der Waals surface area contributed by atoms with Crippen molar-refractivity contribution < 1.29 is 4.79 Å². The molecule has 1 aromatic rings. The molecule has 1 amide bonds. The monoisotopic (exact) mass is 329 g/mol. The van der Waals surface area contributed by atoms with Gasteiger partial charge in [-0.05, 0) is 24.5 Å². The third-order valence-corrected chi connectivity index (χ3v) is 5.45. The summed E-state index contributed by atoms with van der Waals surface area (Å²) in [7, 11) is 0. The maximum absolute atomic E-state index is 12.6. The number of nitrogens with zero attached hydrogens (tertiary/aromatic N) is 1. The lowest BCUT2D eigenvalue weighted by Gasteiger charge is -2.29. The van der Waals surface area contributed by atoms with Gasteiger partial charge >= 0.3 is 0 Å². The number of carbonyl (C=O) groups is 1. The molecule has 1 aliphatic heterocycles. The van der Waals surface area contributed by atoms with Gasteiger partial charge in [-0.1, -0.05) is 85.7 Å². The van der Waals surface area contributed by atoms with Crippen molar-refractivity contribution in [3.63, 3.8) is 0 Å². The topological polar surface area (TPSA) is 20.3 Å². The summed E-state index contributed by atoms with van der Waals surface area (Å²) >= 11 is 6.85. The molecule has 0 aromatic heterocycles. The minimum absolute atomic E-state index is 0.0830. The van der Waals surface area contributed by atoms with E-state index < -0.39 is 0 Å². The average Bonchev–Trinajstić information content (AvgIpc) is 2.83. The Kier molecular flexibility index (Phi) is 5.11. The van der Waals surface area contributed by atoms with Crippen LogP contribution in [0.3, 0.4) is 0 Å². The van der Waals surface area contributed by atoms with Crippen LogP contribution in [0.4, 0.5) is 0 Å². The van der Waals surface area contributed by atoms with Gasteiger partial charge in [0, 0.05) is 6.04 Å². The highest BCUT2D eigenvalue weighted by molar-refractivity contribution is 8.26. The van der Waals surface area contributed by atoms with Gasteiger partial charge < -0.3 is 0 Å². The molecule has 0 radical (unpaired) electrons. The predicted octanol–water partition coefficient (Wildman–Crippen LogP) is 4.78. The van der Waals surface area contributed by atoms with Crippen LogP contribution in [0.15, 0.2) is 47.4 Å². The van der Waals surface area contributed by atoms with E-state index in [0.717, 1.165) is 27.6 Å². The van der Waals surface area contributed by atoms with Crippen LogP contribution in [0.25, 0.3) is 6.08 Å². The fourth-order valence-electron chi connectivity index (χ4n) is 2.96. The molecule has 4 heteroatoms. The summed E-state index contributed by atoms with van der Waals surface area (Å²) in [5.74, 6) is 0.0830. The lowest BCUT2D eigenvalue weighted by Crippen LogP contribution is -2.39. The molecule has 1 aliphatic carbocycles. The second kappa shape index (κ2) is 7.25. The van der Waals surface area contributed by atoms with Crippen molar-refractivity contribution in [1.82, 2.24) is 4.90 Å². The molecule has 114 valence electrons. The van der Waals surface area contributed by atoms with Crippen LogP contribution >= 0.6 is 24.0 Å². The molecule has 2 aliphatic rings. The predicted molar refractivity (Wildman–Crippen MR) is 97.5 cm³/mol. The van der Waals surface area contributed by atoms with Crippen LogP contribution in [-0.2, 0) is 4.79 Å². The van der Waals surface area contributed by atoms with Crippen LogP contribution in [0, 0.1) is 0 Å². The number of hydrogen-bond acceptors (Lipinski definition) is 3. The molecule has 0 unspecified atom stereocenters. The summed E-state index contributed by atoms with van der Waals surface area (Å²) in [5, 5.41) is 0. The first-order valence-electron chi connectivity index (χ1n) is 7.74. The summed E-state index contributed by atoms with van der Waals surface area (Å²) in [6, 6.07) is 10.4. The number of thioether (sulfide) groups is 1. The third kappa shape index (κ3) is 3.50.